The summed E-state index contributed by atoms with van der Waals surface area (Å²) >= 11 is 13.6. The van der Waals surface area contributed by atoms with Crippen LogP contribution in [0.15, 0.2) is 58.4 Å². The van der Waals surface area contributed by atoms with Crippen LogP contribution in [0.3, 0.4) is 0 Å². The predicted molar refractivity (Wildman–Crippen MR) is 87.5 cm³/mol. The minimum atomic E-state index is -0.0895. The predicted octanol–water partition coefficient (Wildman–Crippen LogP) is 4.29. The number of thioether (sulfide) groups is 1. The largest absolute Gasteiger partial charge is 0.269 e. The summed E-state index contributed by atoms with van der Waals surface area (Å²) in [7, 11) is 0. The number of hydrogen-bond acceptors (Lipinski definition) is 3. The molecule has 0 saturated heterocycles. The van der Waals surface area contributed by atoms with Gasteiger partial charge in [-0.1, -0.05) is 29.3 Å². The van der Waals surface area contributed by atoms with Crippen LogP contribution >= 0.6 is 35.0 Å². The molecule has 0 aliphatic carbocycles. The van der Waals surface area contributed by atoms with Crippen LogP contribution in [-0.2, 0) is 5.75 Å². The molecular weight excluding hydrogens is 327 g/mol. The normalized spacial score (nSPS) is 11.0. The van der Waals surface area contributed by atoms with Crippen molar-refractivity contribution in [3.05, 3.63) is 74.8 Å². The van der Waals surface area contributed by atoms with Crippen molar-refractivity contribution >= 4 is 40.6 Å². The minimum Gasteiger partial charge on any atom is -0.269 e. The molecule has 2 aromatic heterocycles. The molecule has 3 nitrogen and oxygen atoms in total. The first-order valence-corrected chi connectivity index (χ1v) is 7.93. The maximum atomic E-state index is 12.0. The van der Waals surface area contributed by atoms with Crippen molar-refractivity contribution < 1.29 is 0 Å². The van der Waals surface area contributed by atoms with Gasteiger partial charge in [-0.2, -0.15) is 0 Å². The first-order valence-electron chi connectivity index (χ1n) is 6.19. The van der Waals surface area contributed by atoms with Gasteiger partial charge in [0.25, 0.3) is 5.56 Å². The lowest BCUT2D eigenvalue weighted by Gasteiger charge is -2.06. The van der Waals surface area contributed by atoms with E-state index in [1.165, 1.54) is 16.2 Å². The summed E-state index contributed by atoms with van der Waals surface area (Å²) in [5.74, 6) is 0.556. The summed E-state index contributed by atoms with van der Waals surface area (Å²) < 4.78 is 1.51. The van der Waals surface area contributed by atoms with E-state index in [1.54, 1.807) is 30.5 Å². The molecule has 0 unspecified atom stereocenters. The molecular formula is C15H10Cl2N2OS. The average molecular weight is 337 g/mol. The quantitative estimate of drug-likeness (QED) is 0.669. The second-order valence-electron chi connectivity index (χ2n) is 4.38. The molecule has 2 heterocycles. The van der Waals surface area contributed by atoms with Crippen molar-refractivity contribution in [1.82, 2.24) is 9.38 Å². The minimum absolute atomic E-state index is 0.0895. The first-order chi connectivity index (χ1) is 10.1. The highest BCUT2D eigenvalue weighted by molar-refractivity contribution is 7.98. The third-order valence-corrected chi connectivity index (χ3v) is 4.66. The van der Waals surface area contributed by atoms with Crippen LogP contribution in [-0.4, -0.2) is 9.38 Å². The van der Waals surface area contributed by atoms with E-state index in [-0.39, 0.29) is 5.56 Å². The number of hydrogen-bond donors (Lipinski definition) is 0. The van der Waals surface area contributed by atoms with E-state index in [2.05, 4.69) is 4.98 Å². The van der Waals surface area contributed by atoms with E-state index in [1.807, 2.05) is 18.2 Å². The molecule has 6 heteroatoms. The third kappa shape index (κ3) is 3.23. The second-order valence-corrected chi connectivity index (χ2v) is 6.24. The second kappa shape index (κ2) is 6.10. The number of halogens is 2. The molecule has 0 aliphatic heterocycles. The highest BCUT2D eigenvalue weighted by Gasteiger charge is 2.06. The Hall–Kier alpha value is -1.49. The van der Waals surface area contributed by atoms with Gasteiger partial charge in [0.1, 0.15) is 5.65 Å². The molecule has 0 fully saturated rings. The average Bonchev–Trinajstić information content (AvgIpc) is 2.48. The Bertz CT molecular complexity index is 864. The van der Waals surface area contributed by atoms with Crippen molar-refractivity contribution in [2.75, 3.05) is 0 Å². The molecule has 0 amide bonds. The van der Waals surface area contributed by atoms with Gasteiger partial charge in [-0.05, 0) is 30.3 Å². The Labute approximate surface area is 135 Å². The lowest BCUT2D eigenvalue weighted by atomic mass is 10.4. The Morgan fingerprint density at radius 3 is 2.86 bits per heavy atom. The first kappa shape index (κ1) is 14.4. The monoisotopic (exact) mass is 336 g/mol. The molecule has 3 aromatic rings. The van der Waals surface area contributed by atoms with E-state index in [4.69, 9.17) is 23.2 Å². The van der Waals surface area contributed by atoms with Gasteiger partial charge >= 0.3 is 0 Å². The summed E-state index contributed by atoms with van der Waals surface area (Å²) in [6, 6.07) is 12.3. The molecule has 21 heavy (non-hydrogen) atoms. The van der Waals surface area contributed by atoms with Crippen LogP contribution in [0.2, 0.25) is 10.0 Å². The molecule has 0 spiro atoms. The third-order valence-electron chi connectivity index (χ3n) is 2.89. The van der Waals surface area contributed by atoms with Gasteiger partial charge in [0.2, 0.25) is 0 Å². The van der Waals surface area contributed by atoms with Gasteiger partial charge in [-0.25, -0.2) is 4.98 Å². The maximum absolute atomic E-state index is 12.0. The number of fused-ring (bicyclic) bond motifs is 1. The van der Waals surface area contributed by atoms with Crippen molar-refractivity contribution in [2.45, 2.75) is 10.6 Å². The van der Waals surface area contributed by atoms with Crippen molar-refractivity contribution in [3.8, 4) is 0 Å². The molecule has 0 radical (unpaired) electrons. The van der Waals surface area contributed by atoms with Crippen LogP contribution < -0.4 is 5.56 Å². The van der Waals surface area contributed by atoms with Crippen LogP contribution in [0.5, 0.6) is 0 Å². The Balaban J connectivity index is 1.88. The SMILES string of the molecule is O=c1cc(CSc2cc(Cl)ccc2Cl)nc2ccccn12. The van der Waals surface area contributed by atoms with Gasteiger partial charge < -0.3 is 0 Å². The van der Waals surface area contributed by atoms with Crippen LogP contribution in [0.1, 0.15) is 5.69 Å². The van der Waals surface area contributed by atoms with Gasteiger partial charge in [0.05, 0.1) is 10.7 Å². The Kier molecular flexibility index (Phi) is 4.19. The summed E-state index contributed by atoms with van der Waals surface area (Å²) in [5, 5.41) is 1.27. The Morgan fingerprint density at radius 2 is 2.00 bits per heavy atom. The molecule has 106 valence electrons. The molecule has 0 N–H and O–H groups in total. The number of nitrogens with zero attached hydrogens (tertiary/aromatic N) is 2. The highest BCUT2D eigenvalue weighted by atomic mass is 35.5. The van der Waals surface area contributed by atoms with Crippen molar-refractivity contribution in [3.63, 3.8) is 0 Å². The number of rotatable bonds is 3. The van der Waals surface area contributed by atoms with E-state index in [9.17, 15) is 4.79 Å². The molecule has 1 aromatic carbocycles. The van der Waals surface area contributed by atoms with Gasteiger partial charge in [-0.15, -0.1) is 11.8 Å². The fraction of sp³-hybridized carbons (Fsp3) is 0.0667. The highest BCUT2D eigenvalue weighted by Crippen LogP contribution is 2.31. The summed E-state index contributed by atoms with van der Waals surface area (Å²) in [6.45, 7) is 0. The Morgan fingerprint density at radius 1 is 1.14 bits per heavy atom. The maximum Gasteiger partial charge on any atom is 0.258 e. The van der Waals surface area contributed by atoms with Gasteiger partial charge in [0, 0.05) is 27.9 Å². The summed E-state index contributed by atoms with van der Waals surface area (Å²) in [6.07, 6.45) is 1.70. The van der Waals surface area contributed by atoms with Gasteiger partial charge in [0.15, 0.2) is 0 Å². The standard InChI is InChI=1S/C15H10Cl2N2OS/c16-10-4-5-12(17)13(7-10)21-9-11-8-15(20)19-6-2-1-3-14(19)18-11/h1-8H,9H2. The smallest absolute Gasteiger partial charge is 0.258 e. The van der Waals surface area contributed by atoms with Crippen LogP contribution in [0, 0.1) is 0 Å². The zero-order valence-electron chi connectivity index (χ0n) is 10.8. The molecule has 0 aliphatic rings. The number of pyridine rings is 1. The number of aromatic nitrogens is 2. The molecule has 0 saturated carbocycles. The fourth-order valence-corrected chi connectivity index (χ4v) is 3.30. The van der Waals surface area contributed by atoms with Crippen molar-refractivity contribution in [1.29, 1.82) is 0 Å². The topological polar surface area (TPSA) is 34.4 Å². The lowest BCUT2D eigenvalue weighted by Crippen LogP contribution is -2.14. The summed E-state index contributed by atoms with van der Waals surface area (Å²) in [4.78, 5) is 17.3. The zero-order valence-corrected chi connectivity index (χ0v) is 13.1. The lowest BCUT2D eigenvalue weighted by molar-refractivity contribution is 1.01. The molecule has 3 rings (SSSR count). The van der Waals surface area contributed by atoms with Crippen LogP contribution in [0.4, 0.5) is 0 Å². The molecule has 0 atom stereocenters. The zero-order chi connectivity index (χ0) is 14.8. The van der Waals surface area contributed by atoms with E-state index < -0.39 is 0 Å². The molecule has 0 bridgehead atoms. The van der Waals surface area contributed by atoms with Crippen molar-refractivity contribution in [2.24, 2.45) is 0 Å². The number of benzene rings is 1. The van der Waals surface area contributed by atoms with E-state index in [0.29, 0.717) is 27.1 Å². The van der Waals surface area contributed by atoms with Gasteiger partial charge in [-0.3, -0.25) is 9.20 Å². The summed E-state index contributed by atoms with van der Waals surface area (Å²) in [5.41, 5.74) is 1.26. The fourth-order valence-electron chi connectivity index (χ4n) is 1.92. The van der Waals surface area contributed by atoms with E-state index in [0.717, 1.165) is 4.90 Å². The van der Waals surface area contributed by atoms with Crippen LogP contribution in [0.25, 0.3) is 5.65 Å². The van der Waals surface area contributed by atoms with E-state index >= 15 is 0 Å².